The van der Waals surface area contributed by atoms with Crippen LogP contribution < -0.4 is 0 Å². The van der Waals surface area contributed by atoms with E-state index in [1.165, 1.54) is 0 Å². The first-order valence-corrected chi connectivity index (χ1v) is 4.89. The third-order valence-corrected chi connectivity index (χ3v) is 2.23. The van der Waals surface area contributed by atoms with Gasteiger partial charge in [0.25, 0.3) is 0 Å². The van der Waals surface area contributed by atoms with Crippen LogP contribution in [0.2, 0.25) is 0 Å². The van der Waals surface area contributed by atoms with Crippen molar-refractivity contribution in [1.29, 1.82) is 0 Å². The quantitative estimate of drug-likeness (QED) is 0.660. The van der Waals surface area contributed by atoms with Gasteiger partial charge in [0.2, 0.25) is 0 Å². The number of ketones is 1. The normalized spacial score (nSPS) is 33.4. The molecule has 0 radical (unpaired) electrons. The topological polar surface area (TPSA) is 35.5 Å². The van der Waals surface area contributed by atoms with Crippen molar-refractivity contribution >= 4 is 5.78 Å². The summed E-state index contributed by atoms with van der Waals surface area (Å²) in [6.45, 7) is 7.61. The van der Waals surface area contributed by atoms with Gasteiger partial charge in [-0.1, -0.05) is 13.8 Å². The molecule has 3 nitrogen and oxygen atoms in total. The van der Waals surface area contributed by atoms with Crippen molar-refractivity contribution in [3.8, 4) is 0 Å². The molecule has 1 heterocycles. The van der Waals surface area contributed by atoms with Gasteiger partial charge in [0.15, 0.2) is 11.6 Å². The highest BCUT2D eigenvalue weighted by molar-refractivity contribution is 5.87. The molecule has 0 bridgehead atoms. The van der Waals surface area contributed by atoms with Crippen molar-refractivity contribution in [3.05, 3.63) is 0 Å². The number of hydrogen-bond acceptors (Lipinski definition) is 3. The van der Waals surface area contributed by atoms with Gasteiger partial charge in [0.1, 0.15) is 12.2 Å². The van der Waals surface area contributed by atoms with Gasteiger partial charge >= 0.3 is 0 Å². The molecule has 2 atom stereocenters. The van der Waals surface area contributed by atoms with Crippen molar-refractivity contribution in [3.63, 3.8) is 0 Å². The van der Waals surface area contributed by atoms with Crippen LogP contribution in [0.15, 0.2) is 0 Å². The second-order valence-electron chi connectivity index (χ2n) is 3.83. The summed E-state index contributed by atoms with van der Waals surface area (Å²) in [4.78, 5) is 11.6. The molecule has 3 heteroatoms. The summed E-state index contributed by atoms with van der Waals surface area (Å²) in [5.74, 6) is -0.528. The smallest absolute Gasteiger partial charge is 0.190 e. The Morgan fingerprint density at radius 1 is 1.15 bits per heavy atom. The number of ether oxygens (including phenoxy) is 2. The van der Waals surface area contributed by atoms with Gasteiger partial charge in [0.05, 0.1) is 0 Å². The largest absolute Gasteiger partial charge is 0.339 e. The third-order valence-electron chi connectivity index (χ3n) is 2.23. The van der Waals surface area contributed by atoms with Crippen LogP contribution in [-0.4, -0.2) is 23.8 Å². The van der Waals surface area contributed by atoms with E-state index >= 15 is 0 Å². The molecule has 0 aliphatic carbocycles. The van der Waals surface area contributed by atoms with Crippen LogP contribution in [0.25, 0.3) is 0 Å². The van der Waals surface area contributed by atoms with E-state index in [1.807, 2.05) is 27.7 Å². The fourth-order valence-electron chi connectivity index (χ4n) is 1.61. The number of rotatable bonds is 2. The zero-order chi connectivity index (χ0) is 10.1. The van der Waals surface area contributed by atoms with E-state index in [-0.39, 0.29) is 18.0 Å². The maximum Gasteiger partial charge on any atom is 0.190 e. The van der Waals surface area contributed by atoms with Gasteiger partial charge in [-0.2, -0.15) is 0 Å². The van der Waals surface area contributed by atoms with Crippen molar-refractivity contribution in [2.24, 2.45) is 0 Å². The number of Topliss-reactive ketones (excluding diaryl/α,β-unsaturated/α-hetero) is 1. The molecule has 0 aromatic carbocycles. The number of carbonyl (C=O) groups is 1. The van der Waals surface area contributed by atoms with Crippen molar-refractivity contribution < 1.29 is 14.3 Å². The summed E-state index contributed by atoms with van der Waals surface area (Å²) in [5, 5.41) is 0. The summed E-state index contributed by atoms with van der Waals surface area (Å²) in [6.07, 6.45) is 0.881. The fourth-order valence-corrected chi connectivity index (χ4v) is 1.61. The standard InChI is InChI=1S/C10H18O3/c1-5-7-9(11)8(6-2)13-10(3,4)12-7/h7-8H,5-6H2,1-4H3/t7-,8-/m0/s1. The molecule has 0 aromatic heterocycles. The minimum atomic E-state index is -0.616. The third kappa shape index (κ3) is 2.29. The zero-order valence-corrected chi connectivity index (χ0v) is 8.79. The highest BCUT2D eigenvalue weighted by Crippen LogP contribution is 2.26. The minimum Gasteiger partial charge on any atom is -0.339 e. The van der Waals surface area contributed by atoms with Gasteiger partial charge in [-0.05, 0) is 26.7 Å². The Morgan fingerprint density at radius 3 is 1.85 bits per heavy atom. The molecule has 0 amide bonds. The van der Waals surface area contributed by atoms with Crippen LogP contribution >= 0.6 is 0 Å². The Labute approximate surface area is 79.4 Å². The lowest BCUT2D eigenvalue weighted by atomic mass is 10.0. The molecule has 0 aromatic rings. The summed E-state index contributed by atoms with van der Waals surface area (Å²) in [7, 11) is 0. The molecular weight excluding hydrogens is 168 g/mol. The average Bonchev–Trinajstić information content (AvgIpc) is 2.08. The molecular formula is C10H18O3. The first kappa shape index (κ1) is 10.7. The van der Waals surface area contributed by atoms with Crippen LogP contribution in [-0.2, 0) is 14.3 Å². The van der Waals surface area contributed by atoms with E-state index in [0.29, 0.717) is 0 Å². The van der Waals surface area contributed by atoms with Crippen LogP contribution in [0.3, 0.4) is 0 Å². The highest BCUT2D eigenvalue weighted by atomic mass is 16.7. The maximum absolute atomic E-state index is 11.6. The Balaban J connectivity index is 2.74. The van der Waals surface area contributed by atoms with E-state index in [0.717, 1.165) is 12.8 Å². The Kier molecular flexibility index (Phi) is 3.09. The van der Waals surface area contributed by atoms with Crippen molar-refractivity contribution in [1.82, 2.24) is 0 Å². The minimum absolute atomic E-state index is 0.0873. The molecule has 76 valence electrons. The van der Waals surface area contributed by atoms with E-state index in [2.05, 4.69) is 0 Å². The predicted octanol–water partition coefficient (Wildman–Crippen LogP) is 1.90. The summed E-state index contributed by atoms with van der Waals surface area (Å²) in [6, 6.07) is 0. The van der Waals surface area contributed by atoms with Gasteiger partial charge in [-0.3, -0.25) is 4.79 Å². The predicted molar refractivity (Wildman–Crippen MR) is 49.4 cm³/mol. The molecule has 0 N–H and O–H groups in total. The molecule has 0 unspecified atom stereocenters. The van der Waals surface area contributed by atoms with E-state index in [9.17, 15) is 4.79 Å². The van der Waals surface area contributed by atoms with Crippen LogP contribution in [0.1, 0.15) is 40.5 Å². The van der Waals surface area contributed by atoms with Gasteiger partial charge in [0, 0.05) is 0 Å². The molecule has 13 heavy (non-hydrogen) atoms. The monoisotopic (exact) mass is 186 g/mol. The molecule has 1 saturated heterocycles. The first-order valence-electron chi connectivity index (χ1n) is 4.89. The Bertz CT molecular complexity index is 180. The second kappa shape index (κ2) is 3.76. The van der Waals surface area contributed by atoms with E-state index < -0.39 is 5.79 Å². The summed E-state index contributed by atoms with van der Waals surface area (Å²) < 4.78 is 11.0. The van der Waals surface area contributed by atoms with E-state index in [4.69, 9.17) is 9.47 Å². The zero-order valence-electron chi connectivity index (χ0n) is 8.79. The molecule has 1 rings (SSSR count). The van der Waals surface area contributed by atoms with Gasteiger partial charge < -0.3 is 9.47 Å². The Hall–Kier alpha value is -0.410. The van der Waals surface area contributed by atoms with Crippen LogP contribution in [0, 0.1) is 0 Å². The van der Waals surface area contributed by atoms with Gasteiger partial charge in [-0.25, -0.2) is 0 Å². The van der Waals surface area contributed by atoms with Crippen molar-refractivity contribution in [2.45, 2.75) is 58.5 Å². The summed E-state index contributed by atoms with van der Waals surface area (Å²) in [5.41, 5.74) is 0. The average molecular weight is 186 g/mol. The lowest BCUT2D eigenvalue weighted by Crippen LogP contribution is -2.51. The SMILES string of the molecule is CC[C@@H]1OC(C)(C)O[C@@H](CC)C1=O. The molecule has 0 saturated carbocycles. The van der Waals surface area contributed by atoms with E-state index in [1.54, 1.807) is 0 Å². The summed E-state index contributed by atoms with van der Waals surface area (Å²) >= 11 is 0. The fraction of sp³-hybridized carbons (Fsp3) is 0.900. The molecule has 1 aliphatic rings. The highest BCUT2D eigenvalue weighted by Gasteiger charge is 2.40. The lowest BCUT2D eigenvalue weighted by Gasteiger charge is -2.39. The second-order valence-corrected chi connectivity index (χ2v) is 3.83. The maximum atomic E-state index is 11.6. The first-order chi connectivity index (χ1) is 6.00. The molecule has 1 fully saturated rings. The number of carbonyl (C=O) groups excluding carboxylic acids is 1. The molecule has 0 spiro atoms. The van der Waals surface area contributed by atoms with Crippen LogP contribution in [0.4, 0.5) is 0 Å². The number of hydrogen-bond donors (Lipinski definition) is 0. The van der Waals surface area contributed by atoms with Crippen molar-refractivity contribution in [2.75, 3.05) is 0 Å². The van der Waals surface area contributed by atoms with Crippen LogP contribution in [0.5, 0.6) is 0 Å². The molecule has 1 aliphatic heterocycles. The van der Waals surface area contributed by atoms with Gasteiger partial charge in [-0.15, -0.1) is 0 Å². The Morgan fingerprint density at radius 2 is 1.54 bits per heavy atom. The lowest BCUT2D eigenvalue weighted by molar-refractivity contribution is -0.279.